The van der Waals surface area contributed by atoms with Crippen LogP contribution in [0, 0.1) is 17.3 Å². The van der Waals surface area contributed by atoms with Crippen LogP contribution in [-0.2, 0) is 19.1 Å². The van der Waals surface area contributed by atoms with Crippen molar-refractivity contribution >= 4 is 11.9 Å². The normalized spacial score (nSPS) is 45.9. The third-order valence-corrected chi connectivity index (χ3v) is 6.32. The molecule has 0 unspecified atom stereocenters. The van der Waals surface area contributed by atoms with Crippen molar-refractivity contribution in [3.05, 3.63) is 12.2 Å². The Morgan fingerprint density at radius 2 is 2.13 bits per heavy atom. The summed E-state index contributed by atoms with van der Waals surface area (Å²) in [6.07, 6.45) is 0.937. The molecule has 128 valence electrons. The largest absolute Gasteiger partial charge is 0.462 e. The molecule has 0 bridgehead atoms. The quantitative estimate of drug-likeness (QED) is 0.580. The van der Waals surface area contributed by atoms with Gasteiger partial charge in [-0.2, -0.15) is 0 Å². The topological polar surface area (TPSA) is 93.1 Å². The fourth-order valence-corrected chi connectivity index (χ4v) is 4.99. The van der Waals surface area contributed by atoms with E-state index in [0.29, 0.717) is 31.3 Å². The number of hydrogen-bond acceptors (Lipinski definition) is 6. The maximum atomic E-state index is 12.0. The zero-order valence-corrected chi connectivity index (χ0v) is 13.6. The van der Waals surface area contributed by atoms with E-state index in [0.717, 1.165) is 0 Å². The van der Waals surface area contributed by atoms with Crippen molar-refractivity contribution in [2.24, 2.45) is 17.3 Å². The van der Waals surface area contributed by atoms with Crippen LogP contribution in [0.1, 0.15) is 39.5 Å². The molecule has 1 aliphatic heterocycles. The van der Waals surface area contributed by atoms with Gasteiger partial charge in [-0.05, 0) is 32.6 Å². The number of ether oxygens (including phenoxy) is 2. The van der Waals surface area contributed by atoms with E-state index in [1.807, 2.05) is 6.92 Å². The number of hydrogen-bond donors (Lipinski definition) is 2. The predicted molar refractivity (Wildman–Crippen MR) is 80.2 cm³/mol. The zero-order valence-electron chi connectivity index (χ0n) is 13.6. The first kappa shape index (κ1) is 16.5. The molecule has 6 nitrogen and oxygen atoms in total. The summed E-state index contributed by atoms with van der Waals surface area (Å²) in [5.41, 5.74) is -1.79. The van der Waals surface area contributed by atoms with Crippen molar-refractivity contribution < 1.29 is 29.3 Å². The third-order valence-electron chi connectivity index (χ3n) is 6.32. The third kappa shape index (κ3) is 2.08. The van der Waals surface area contributed by atoms with Crippen molar-refractivity contribution in [3.63, 3.8) is 0 Å². The van der Waals surface area contributed by atoms with E-state index in [9.17, 15) is 19.8 Å². The number of carbonyl (C=O) groups is 2. The Balaban J connectivity index is 2.09. The molecule has 6 heteroatoms. The van der Waals surface area contributed by atoms with Crippen LogP contribution < -0.4 is 0 Å². The zero-order chi connectivity index (χ0) is 17.0. The van der Waals surface area contributed by atoms with Gasteiger partial charge in [0.1, 0.15) is 12.2 Å². The Morgan fingerprint density at radius 3 is 2.74 bits per heavy atom. The summed E-state index contributed by atoms with van der Waals surface area (Å²) in [6.45, 7) is 6.83. The van der Waals surface area contributed by atoms with E-state index in [1.165, 1.54) is 6.92 Å². The summed E-state index contributed by atoms with van der Waals surface area (Å²) in [5, 5.41) is 21.2. The molecule has 0 aromatic heterocycles. The van der Waals surface area contributed by atoms with Crippen LogP contribution in [0.15, 0.2) is 12.2 Å². The number of carbonyl (C=O) groups excluding carboxylic acids is 2. The summed E-state index contributed by atoms with van der Waals surface area (Å²) in [7, 11) is 0. The molecule has 3 fully saturated rings. The molecule has 0 amide bonds. The lowest BCUT2D eigenvalue weighted by Gasteiger charge is -2.47. The molecule has 3 aliphatic rings. The van der Waals surface area contributed by atoms with Crippen LogP contribution in [0.5, 0.6) is 0 Å². The fourth-order valence-electron chi connectivity index (χ4n) is 4.99. The maximum absolute atomic E-state index is 12.0. The second-order valence-electron chi connectivity index (χ2n) is 7.26. The van der Waals surface area contributed by atoms with Crippen molar-refractivity contribution in [2.75, 3.05) is 6.61 Å². The molecule has 6 atom stereocenters. The second kappa shape index (κ2) is 5.31. The van der Waals surface area contributed by atoms with Crippen LogP contribution in [-0.4, -0.2) is 46.6 Å². The van der Waals surface area contributed by atoms with Gasteiger partial charge in [-0.3, -0.25) is 4.79 Å². The molecule has 0 radical (unpaired) electrons. The van der Waals surface area contributed by atoms with Crippen molar-refractivity contribution in [2.45, 2.75) is 57.3 Å². The van der Waals surface area contributed by atoms with Gasteiger partial charge >= 0.3 is 11.9 Å². The summed E-state index contributed by atoms with van der Waals surface area (Å²) in [4.78, 5) is 23.5. The van der Waals surface area contributed by atoms with Crippen molar-refractivity contribution in [3.8, 4) is 0 Å². The van der Waals surface area contributed by atoms with E-state index < -0.39 is 35.2 Å². The predicted octanol–water partition coefficient (Wildman–Crippen LogP) is 0.949. The summed E-state index contributed by atoms with van der Waals surface area (Å²) in [5.74, 6) is -1.43. The first-order valence-electron chi connectivity index (χ1n) is 8.16. The van der Waals surface area contributed by atoms with Crippen molar-refractivity contribution in [1.82, 2.24) is 0 Å². The van der Waals surface area contributed by atoms with E-state index in [-0.39, 0.29) is 18.4 Å². The smallest absolute Gasteiger partial charge is 0.334 e. The molecule has 0 aromatic carbocycles. The average Bonchev–Trinajstić information content (AvgIpc) is 2.88. The molecule has 0 spiro atoms. The van der Waals surface area contributed by atoms with Gasteiger partial charge in [0.15, 0.2) is 0 Å². The molecular formula is C17H24O6. The molecule has 1 saturated heterocycles. The fraction of sp³-hybridized carbons (Fsp3) is 0.765. The van der Waals surface area contributed by atoms with Crippen LogP contribution in [0.4, 0.5) is 0 Å². The Kier molecular flexibility index (Phi) is 3.80. The van der Waals surface area contributed by atoms with Gasteiger partial charge in [0.2, 0.25) is 0 Å². The van der Waals surface area contributed by atoms with E-state index in [2.05, 4.69) is 6.58 Å². The van der Waals surface area contributed by atoms with Crippen LogP contribution >= 0.6 is 0 Å². The number of aliphatic hydroxyl groups is 2. The molecular weight excluding hydrogens is 300 g/mol. The van der Waals surface area contributed by atoms with Crippen LogP contribution in [0.3, 0.4) is 0 Å². The number of esters is 2. The number of fused-ring (bicyclic) bond motifs is 3. The SMILES string of the molecule is C=C1C(=O)O[C@@H]2[C@H]1CC[C@H](CO)[C@]1(O)CC[C@H](OC(C)=O)[C@@]21C. The van der Waals surface area contributed by atoms with Gasteiger partial charge in [0.25, 0.3) is 0 Å². The van der Waals surface area contributed by atoms with E-state index >= 15 is 0 Å². The van der Waals surface area contributed by atoms with Crippen molar-refractivity contribution in [1.29, 1.82) is 0 Å². The molecule has 3 rings (SSSR count). The highest BCUT2D eigenvalue weighted by Crippen LogP contribution is 2.61. The maximum Gasteiger partial charge on any atom is 0.334 e. The average molecular weight is 324 g/mol. The summed E-state index contributed by atoms with van der Waals surface area (Å²) < 4.78 is 11.0. The van der Waals surface area contributed by atoms with Crippen LogP contribution in [0.2, 0.25) is 0 Å². The molecule has 0 aromatic rings. The van der Waals surface area contributed by atoms with Gasteiger partial charge in [-0.1, -0.05) is 6.58 Å². The van der Waals surface area contributed by atoms with Gasteiger partial charge in [0.05, 0.1) is 11.0 Å². The van der Waals surface area contributed by atoms with Gasteiger partial charge in [-0.25, -0.2) is 4.79 Å². The van der Waals surface area contributed by atoms with Gasteiger partial charge in [-0.15, -0.1) is 0 Å². The Bertz CT molecular complexity index is 557. The highest BCUT2D eigenvalue weighted by Gasteiger charge is 2.69. The molecule has 2 saturated carbocycles. The Hall–Kier alpha value is -1.40. The Morgan fingerprint density at radius 1 is 1.43 bits per heavy atom. The molecule has 1 heterocycles. The number of rotatable bonds is 2. The second-order valence-corrected chi connectivity index (χ2v) is 7.26. The molecule has 2 N–H and O–H groups in total. The Labute approximate surface area is 135 Å². The minimum Gasteiger partial charge on any atom is -0.462 e. The summed E-state index contributed by atoms with van der Waals surface area (Å²) in [6, 6.07) is 0. The standard InChI is InChI=1S/C17H24O6/c1-9-12-5-4-11(8-18)17(21)7-6-13(22-10(2)19)16(17,3)14(12)23-15(9)20/h11-14,18,21H,1,4-8H2,2-3H3/t11-,12+,13+,14-,16+,17-/m1/s1. The minimum atomic E-state index is -1.24. The highest BCUT2D eigenvalue weighted by atomic mass is 16.6. The first-order chi connectivity index (χ1) is 10.8. The lowest BCUT2D eigenvalue weighted by molar-refractivity contribution is -0.198. The lowest BCUT2D eigenvalue weighted by Crippen LogP contribution is -2.59. The van der Waals surface area contributed by atoms with Crippen LogP contribution in [0.25, 0.3) is 0 Å². The molecule has 23 heavy (non-hydrogen) atoms. The van der Waals surface area contributed by atoms with E-state index in [4.69, 9.17) is 9.47 Å². The van der Waals surface area contributed by atoms with Gasteiger partial charge < -0.3 is 19.7 Å². The van der Waals surface area contributed by atoms with Gasteiger partial charge in [0, 0.05) is 30.9 Å². The lowest BCUT2D eigenvalue weighted by atomic mass is 9.64. The molecule has 2 aliphatic carbocycles. The highest BCUT2D eigenvalue weighted by molar-refractivity contribution is 5.91. The summed E-state index contributed by atoms with van der Waals surface area (Å²) >= 11 is 0. The monoisotopic (exact) mass is 324 g/mol. The minimum absolute atomic E-state index is 0.154. The first-order valence-corrected chi connectivity index (χ1v) is 8.16. The van der Waals surface area contributed by atoms with E-state index in [1.54, 1.807) is 0 Å². The number of aliphatic hydroxyl groups excluding tert-OH is 1.